The summed E-state index contributed by atoms with van der Waals surface area (Å²) in [6.07, 6.45) is -0.0560. The number of hydrogen-bond acceptors (Lipinski definition) is 2. The number of hydrogen-bond donors (Lipinski definition) is 1. The molecule has 1 aromatic carbocycles. The minimum absolute atomic E-state index is 0.0560. The van der Waals surface area contributed by atoms with Crippen molar-refractivity contribution in [3.05, 3.63) is 30.3 Å². The van der Waals surface area contributed by atoms with Gasteiger partial charge in [-0.2, -0.15) is 0 Å². The second kappa shape index (κ2) is 6.61. The SMILES string of the molecule is CC1CN(C(=O)N(CCC(=O)O)c2ccccc2)CC1C. The maximum atomic E-state index is 12.7. The largest absolute Gasteiger partial charge is 0.481 e. The highest BCUT2D eigenvalue weighted by atomic mass is 16.4. The molecule has 1 aromatic rings. The van der Waals surface area contributed by atoms with E-state index in [1.807, 2.05) is 35.2 Å². The summed E-state index contributed by atoms with van der Waals surface area (Å²) in [5.74, 6) is 0.0592. The van der Waals surface area contributed by atoms with E-state index in [-0.39, 0.29) is 19.0 Å². The number of rotatable bonds is 4. The number of carbonyl (C=O) groups is 2. The van der Waals surface area contributed by atoms with Gasteiger partial charge in [0.25, 0.3) is 0 Å². The molecule has 2 rings (SSSR count). The molecule has 0 aromatic heterocycles. The summed E-state index contributed by atoms with van der Waals surface area (Å²) in [5.41, 5.74) is 0.746. The molecule has 0 aliphatic carbocycles. The third-order valence-corrected chi connectivity index (χ3v) is 4.11. The topological polar surface area (TPSA) is 60.9 Å². The van der Waals surface area contributed by atoms with E-state index in [0.29, 0.717) is 11.8 Å². The smallest absolute Gasteiger partial charge is 0.324 e. The van der Waals surface area contributed by atoms with Crippen LogP contribution in [0.3, 0.4) is 0 Å². The van der Waals surface area contributed by atoms with E-state index >= 15 is 0 Å². The number of para-hydroxylation sites is 1. The Hall–Kier alpha value is -2.04. The summed E-state index contributed by atoms with van der Waals surface area (Å²) >= 11 is 0. The third-order valence-electron chi connectivity index (χ3n) is 4.11. The molecule has 0 spiro atoms. The van der Waals surface area contributed by atoms with Gasteiger partial charge in [-0.25, -0.2) is 4.79 Å². The summed E-state index contributed by atoms with van der Waals surface area (Å²) in [7, 11) is 0. The molecule has 2 atom stereocenters. The zero-order chi connectivity index (χ0) is 15.4. The highest BCUT2D eigenvalue weighted by Crippen LogP contribution is 2.25. The van der Waals surface area contributed by atoms with E-state index in [4.69, 9.17) is 5.11 Å². The van der Waals surface area contributed by atoms with Crippen molar-refractivity contribution >= 4 is 17.7 Å². The number of urea groups is 1. The van der Waals surface area contributed by atoms with Crippen LogP contribution in [0.4, 0.5) is 10.5 Å². The molecule has 114 valence electrons. The van der Waals surface area contributed by atoms with Gasteiger partial charge in [-0.15, -0.1) is 0 Å². The Bertz CT molecular complexity index is 494. The van der Waals surface area contributed by atoms with Gasteiger partial charge in [0.05, 0.1) is 6.42 Å². The van der Waals surface area contributed by atoms with Crippen LogP contribution in [-0.4, -0.2) is 41.6 Å². The van der Waals surface area contributed by atoms with Crippen molar-refractivity contribution in [2.75, 3.05) is 24.5 Å². The van der Waals surface area contributed by atoms with E-state index in [9.17, 15) is 9.59 Å². The van der Waals surface area contributed by atoms with Crippen LogP contribution in [0.25, 0.3) is 0 Å². The highest BCUT2D eigenvalue weighted by molar-refractivity contribution is 5.92. The van der Waals surface area contributed by atoms with Crippen LogP contribution in [0.15, 0.2) is 30.3 Å². The van der Waals surface area contributed by atoms with Gasteiger partial charge in [-0.3, -0.25) is 9.69 Å². The fourth-order valence-electron chi connectivity index (χ4n) is 2.61. The lowest BCUT2D eigenvalue weighted by Crippen LogP contribution is -2.43. The Kier molecular flexibility index (Phi) is 4.83. The standard InChI is InChI=1S/C16H22N2O3/c1-12-10-17(11-13(12)2)16(21)18(9-8-15(19)20)14-6-4-3-5-7-14/h3-7,12-13H,8-11H2,1-2H3,(H,19,20). The van der Waals surface area contributed by atoms with Gasteiger partial charge < -0.3 is 10.0 Å². The molecular weight excluding hydrogens is 268 g/mol. The Morgan fingerprint density at radius 1 is 1.19 bits per heavy atom. The predicted octanol–water partition coefficient (Wildman–Crippen LogP) is 2.68. The molecule has 1 N–H and O–H groups in total. The highest BCUT2D eigenvalue weighted by Gasteiger charge is 2.32. The third kappa shape index (κ3) is 3.74. The fourth-order valence-corrected chi connectivity index (χ4v) is 2.61. The van der Waals surface area contributed by atoms with Crippen LogP contribution < -0.4 is 4.90 Å². The number of amides is 2. The molecular formula is C16H22N2O3. The maximum Gasteiger partial charge on any atom is 0.324 e. The number of anilines is 1. The average molecular weight is 290 g/mol. The van der Waals surface area contributed by atoms with Crippen LogP contribution in [0, 0.1) is 11.8 Å². The van der Waals surface area contributed by atoms with Crippen molar-refractivity contribution in [1.29, 1.82) is 0 Å². The summed E-state index contributed by atoms with van der Waals surface area (Å²) in [5, 5.41) is 8.89. The molecule has 0 radical (unpaired) electrons. The normalized spacial score (nSPS) is 21.3. The lowest BCUT2D eigenvalue weighted by molar-refractivity contribution is -0.136. The number of carboxylic acids is 1. The van der Waals surface area contributed by atoms with Crippen LogP contribution in [-0.2, 0) is 4.79 Å². The maximum absolute atomic E-state index is 12.7. The number of likely N-dealkylation sites (tertiary alicyclic amines) is 1. The molecule has 2 amide bonds. The molecule has 2 unspecified atom stereocenters. The van der Waals surface area contributed by atoms with Crippen molar-refractivity contribution < 1.29 is 14.7 Å². The summed E-state index contributed by atoms with van der Waals surface area (Å²) in [4.78, 5) is 26.9. The number of aliphatic carboxylic acids is 1. The second-order valence-corrected chi connectivity index (χ2v) is 5.77. The van der Waals surface area contributed by atoms with E-state index in [2.05, 4.69) is 13.8 Å². The predicted molar refractivity (Wildman–Crippen MR) is 81.3 cm³/mol. The van der Waals surface area contributed by atoms with Crippen molar-refractivity contribution in [3.8, 4) is 0 Å². The quantitative estimate of drug-likeness (QED) is 0.927. The van der Waals surface area contributed by atoms with Crippen molar-refractivity contribution in [3.63, 3.8) is 0 Å². The molecule has 1 fully saturated rings. The Labute approximate surface area is 125 Å². The van der Waals surface area contributed by atoms with Crippen LogP contribution in [0.5, 0.6) is 0 Å². The van der Waals surface area contributed by atoms with E-state index in [0.717, 1.165) is 18.8 Å². The molecule has 1 aliphatic rings. The first kappa shape index (κ1) is 15.4. The van der Waals surface area contributed by atoms with Gasteiger partial charge in [0.1, 0.15) is 0 Å². The van der Waals surface area contributed by atoms with Crippen molar-refractivity contribution in [2.45, 2.75) is 20.3 Å². The van der Waals surface area contributed by atoms with Crippen LogP contribution >= 0.6 is 0 Å². The number of carboxylic acid groups (broad SMARTS) is 1. The zero-order valence-electron chi connectivity index (χ0n) is 12.5. The second-order valence-electron chi connectivity index (χ2n) is 5.77. The first-order chi connectivity index (χ1) is 9.99. The number of carbonyl (C=O) groups excluding carboxylic acids is 1. The zero-order valence-corrected chi connectivity index (χ0v) is 12.5. The first-order valence-corrected chi connectivity index (χ1v) is 7.32. The average Bonchev–Trinajstić information content (AvgIpc) is 2.79. The van der Waals surface area contributed by atoms with Crippen LogP contribution in [0.1, 0.15) is 20.3 Å². The van der Waals surface area contributed by atoms with Gasteiger partial charge in [0.15, 0.2) is 0 Å². The minimum atomic E-state index is -0.896. The number of benzene rings is 1. The molecule has 21 heavy (non-hydrogen) atoms. The molecule has 0 bridgehead atoms. The Morgan fingerprint density at radius 2 is 1.76 bits per heavy atom. The first-order valence-electron chi connectivity index (χ1n) is 7.32. The summed E-state index contributed by atoms with van der Waals surface area (Å²) in [6.45, 7) is 5.94. The molecule has 1 saturated heterocycles. The Morgan fingerprint density at radius 3 is 2.29 bits per heavy atom. The van der Waals surface area contributed by atoms with Gasteiger partial charge in [0, 0.05) is 25.3 Å². The molecule has 5 nitrogen and oxygen atoms in total. The minimum Gasteiger partial charge on any atom is -0.481 e. The summed E-state index contributed by atoms with van der Waals surface area (Å²) < 4.78 is 0. The monoisotopic (exact) mass is 290 g/mol. The molecule has 1 heterocycles. The van der Waals surface area contributed by atoms with Gasteiger partial charge in [-0.1, -0.05) is 32.0 Å². The van der Waals surface area contributed by atoms with Crippen molar-refractivity contribution in [1.82, 2.24) is 4.90 Å². The van der Waals surface area contributed by atoms with Crippen LogP contribution in [0.2, 0.25) is 0 Å². The Balaban J connectivity index is 2.15. The van der Waals surface area contributed by atoms with Gasteiger partial charge >= 0.3 is 12.0 Å². The summed E-state index contributed by atoms with van der Waals surface area (Å²) in [6, 6.07) is 9.16. The van der Waals surface area contributed by atoms with E-state index < -0.39 is 5.97 Å². The van der Waals surface area contributed by atoms with Gasteiger partial charge in [0.2, 0.25) is 0 Å². The van der Waals surface area contributed by atoms with Crippen molar-refractivity contribution in [2.24, 2.45) is 11.8 Å². The fraction of sp³-hybridized carbons (Fsp3) is 0.500. The van der Waals surface area contributed by atoms with E-state index in [1.165, 1.54) is 0 Å². The van der Waals surface area contributed by atoms with E-state index in [1.54, 1.807) is 4.90 Å². The lowest BCUT2D eigenvalue weighted by atomic mass is 10.0. The lowest BCUT2D eigenvalue weighted by Gasteiger charge is -2.28. The molecule has 1 aliphatic heterocycles. The number of nitrogens with zero attached hydrogens (tertiary/aromatic N) is 2. The molecule has 0 saturated carbocycles. The van der Waals surface area contributed by atoms with Gasteiger partial charge in [-0.05, 0) is 24.0 Å². The molecule has 5 heteroatoms.